The fourth-order valence-corrected chi connectivity index (χ4v) is 1.36. The molecule has 0 radical (unpaired) electrons. The Morgan fingerprint density at radius 3 is 2.78 bits per heavy atom. The molecular weight excluding hydrogens is 236 g/mol. The zero-order valence-electron chi connectivity index (χ0n) is 10.1. The van der Waals surface area contributed by atoms with Gasteiger partial charge in [-0.1, -0.05) is 0 Å². The van der Waals surface area contributed by atoms with Crippen molar-refractivity contribution in [1.82, 2.24) is 5.32 Å². The topological polar surface area (TPSA) is 102 Å². The molecule has 6 heteroatoms. The van der Waals surface area contributed by atoms with E-state index in [1.54, 1.807) is 13.1 Å². The molecule has 0 aliphatic rings. The normalized spacial score (nSPS) is 9.83. The lowest BCUT2D eigenvalue weighted by atomic mass is 10.2. The number of nitrogens with one attached hydrogen (secondary N) is 1. The van der Waals surface area contributed by atoms with Gasteiger partial charge in [-0.05, 0) is 24.6 Å². The quantitative estimate of drug-likeness (QED) is 0.515. The highest BCUT2D eigenvalue weighted by Crippen LogP contribution is 2.19. The first-order valence-electron chi connectivity index (χ1n) is 5.50. The third-order valence-corrected chi connectivity index (χ3v) is 2.35. The smallest absolute Gasteiger partial charge is 0.337 e. The van der Waals surface area contributed by atoms with Crippen LogP contribution in [0.15, 0.2) is 18.2 Å². The van der Waals surface area contributed by atoms with Crippen LogP contribution in [0.3, 0.4) is 0 Å². The standard InChI is InChI=1S/C12H16N2O4/c1-14-11(15)3-2-6-18-8-4-5-10(13)9(7-8)12(16)17/h4-5,7H,2-3,6,13H2,1H3,(H,14,15)(H,16,17). The number of aromatic carboxylic acids is 1. The predicted octanol–water partition coefficient (Wildman–Crippen LogP) is 0.872. The molecule has 18 heavy (non-hydrogen) atoms. The van der Waals surface area contributed by atoms with Crippen molar-refractivity contribution in [3.63, 3.8) is 0 Å². The van der Waals surface area contributed by atoms with E-state index in [0.29, 0.717) is 25.2 Å². The van der Waals surface area contributed by atoms with E-state index in [1.165, 1.54) is 12.1 Å². The lowest BCUT2D eigenvalue weighted by Crippen LogP contribution is -2.18. The van der Waals surface area contributed by atoms with E-state index in [-0.39, 0.29) is 17.2 Å². The molecule has 0 heterocycles. The monoisotopic (exact) mass is 252 g/mol. The third kappa shape index (κ3) is 3.97. The van der Waals surface area contributed by atoms with Crippen molar-refractivity contribution in [2.75, 3.05) is 19.4 Å². The van der Waals surface area contributed by atoms with Gasteiger partial charge in [0.2, 0.25) is 5.91 Å². The van der Waals surface area contributed by atoms with Gasteiger partial charge >= 0.3 is 5.97 Å². The summed E-state index contributed by atoms with van der Waals surface area (Å²) in [4.78, 5) is 21.8. The van der Waals surface area contributed by atoms with Crippen LogP contribution in [0.25, 0.3) is 0 Å². The Bertz CT molecular complexity index is 446. The predicted molar refractivity (Wildman–Crippen MR) is 66.6 cm³/mol. The Labute approximate surface area is 105 Å². The Morgan fingerprint density at radius 2 is 2.17 bits per heavy atom. The summed E-state index contributed by atoms with van der Waals surface area (Å²) in [6.07, 6.45) is 0.934. The number of carboxylic acid groups (broad SMARTS) is 1. The number of rotatable bonds is 6. The van der Waals surface area contributed by atoms with Gasteiger partial charge in [-0.25, -0.2) is 4.79 Å². The number of hydrogen-bond acceptors (Lipinski definition) is 4. The molecule has 4 N–H and O–H groups in total. The summed E-state index contributed by atoms with van der Waals surface area (Å²) in [7, 11) is 1.57. The van der Waals surface area contributed by atoms with Gasteiger partial charge in [0.15, 0.2) is 0 Å². The lowest BCUT2D eigenvalue weighted by Gasteiger charge is -2.08. The Kier molecular flexibility index (Phi) is 4.98. The molecule has 0 aromatic heterocycles. The molecule has 0 unspecified atom stereocenters. The van der Waals surface area contributed by atoms with E-state index in [0.717, 1.165) is 0 Å². The van der Waals surface area contributed by atoms with Gasteiger partial charge in [-0.3, -0.25) is 4.79 Å². The molecule has 0 spiro atoms. The van der Waals surface area contributed by atoms with Gasteiger partial charge in [0.05, 0.1) is 12.2 Å². The average Bonchev–Trinajstić information content (AvgIpc) is 2.35. The highest BCUT2D eigenvalue weighted by atomic mass is 16.5. The molecule has 98 valence electrons. The van der Waals surface area contributed by atoms with E-state index in [4.69, 9.17) is 15.6 Å². The number of hydrogen-bond donors (Lipinski definition) is 3. The first kappa shape index (κ1) is 13.8. The number of ether oxygens (including phenoxy) is 1. The molecule has 0 atom stereocenters. The molecule has 1 rings (SSSR count). The molecule has 1 aromatic carbocycles. The van der Waals surface area contributed by atoms with Crippen LogP contribution < -0.4 is 15.8 Å². The minimum atomic E-state index is -1.09. The molecule has 6 nitrogen and oxygen atoms in total. The first-order valence-corrected chi connectivity index (χ1v) is 5.50. The number of carbonyl (C=O) groups is 2. The second-order valence-electron chi connectivity index (χ2n) is 3.68. The maximum absolute atomic E-state index is 11.0. The van der Waals surface area contributed by atoms with Gasteiger partial charge in [-0.2, -0.15) is 0 Å². The van der Waals surface area contributed by atoms with Crippen LogP contribution in [0, 0.1) is 0 Å². The zero-order chi connectivity index (χ0) is 13.5. The second kappa shape index (κ2) is 6.48. The van der Waals surface area contributed by atoms with Gasteiger partial charge in [0.25, 0.3) is 0 Å². The average molecular weight is 252 g/mol. The summed E-state index contributed by atoms with van der Waals surface area (Å²) in [5.74, 6) is -0.719. The summed E-state index contributed by atoms with van der Waals surface area (Å²) in [5, 5.41) is 11.4. The number of carbonyl (C=O) groups excluding carboxylic acids is 1. The third-order valence-electron chi connectivity index (χ3n) is 2.35. The summed E-state index contributed by atoms with van der Waals surface area (Å²) in [6.45, 7) is 0.344. The molecule has 0 aliphatic carbocycles. The number of benzene rings is 1. The molecular formula is C12H16N2O4. The second-order valence-corrected chi connectivity index (χ2v) is 3.68. The number of anilines is 1. The fraction of sp³-hybridized carbons (Fsp3) is 0.333. The van der Waals surface area contributed by atoms with E-state index in [1.807, 2.05) is 0 Å². The van der Waals surface area contributed by atoms with Crippen molar-refractivity contribution in [2.24, 2.45) is 0 Å². The molecule has 1 amide bonds. The Morgan fingerprint density at radius 1 is 1.44 bits per heavy atom. The van der Waals surface area contributed by atoms with Crippen LogP contribution in [0.2, 0.25) is 0 Å². The highest BCUT2D eigenvalue weighted by Gasteiger charge is 2.09. The SMILES string of the molecule is CNC(=O)CCCOc1ccc(N)c(C(=O)O)c1. The Hall–Kier alpha value is -2.24. The molecule has 0 saturated heterocycles. The van der Waals surface area contributed by atoms with E-state index < -0.39 is 5.97 Å². The summed E-state index contributed by atoms with van der Waals surface area (Å²) < 4.78 is 5.35. The minimum absolute atomic E-state index is 0.0128. The molecule has 1 aromatic rings. The van der Waals surface area contributed by atoms with Crippen LogP contribution in [-0.4, -0.2) is 30.6 Å². The molecule has 0 fully saturated rings. The number of amides is 1. The lowest BCUT2D eigenvalue weighted by molar-refractivity contribution is -0.120. The van der Waals surface area contributed by atoms with Crippen molar-refractivity contribution < 1.29 is 19.4 Å². The van der Waals surface area contributed by atoms with E-state index in [9.17, 15) is 9.59 Å². The maximum atomic E-state index is 11.0. The zero-order valence-corrected chi connectivity index (χ0v) is 10.1. The summed E-state index contributed by atoms with van der Waals surface area (Å²) in [6, 6.07) is 4.46. The largest absolute Gasteiger partial charge is 0.494 e. The van der Waals surface area contributed by atoms with Gasteiger partial charge < -0.3 is 20.9 Å². The van der Waals surface area contributed by atoms with E-state index in [2.05, 4.69) is 5.32 Å². The number of nitrogen functional groups attached to an aromatic ring is 1. The number of carboxylic acids is 1. The molecule has 0 aliphatic heterocycles. The van der Waals surface area contributed by atoms with Crippen molar-refractivity contribution in [3.8, 4) is 5.75 Å². The van der Waals surface area contributed by atoms with Crippen LogP contribution in [0.4, 0.5) is 5.69 Å². The Balaban J connectivity index is 2.50. The summed E-state index contributed by atoms with van der Waals surface area (Å²) >= 11 is 0. The van der Waals surface area contributed by atoms with Crippen LogP contribution in [0.1, 0.15) is 23.2 Å². The fourth-order valence-electron chi connectivity index (χ4n) is 1.36. The van der Waals surface area contributed by atoms with Crippen molar-refractivity contribution in [2.45, 2.75) is 12.8 Å². The van der Waals surface area contributed by atoms with Crippen LogP contribution >= 0.6 is 0 Å². The minimum Gasteiger partial charge on any atom is -0.494 e. The van der Waals surface area contributed by atoms with Crippen molar-refractivity contribution in [1.29, 1.82) is 0 Å². The van der Waals surface area contributed by atoms with Crippen molar-refractivity contribution in [3.05, 3.63) is 23.8 Å². The van der Waals surface area contributed by atoms with E-state index >= 15 is 0 Å². The van der Waals surface area contributed by atoms with Crippen LogP contribution in [-0.2, 0) is 4.79 Å². The first-order chi connectivity index (χ1) is 8.54. The van der Waals surface area contributed by atoms with Gasteiger partial charge in [-0.15, -0.1) is 0 Å². The molecule has 0 saturated carbocycles. The number of nitrogens with two attached hydrogens (primary N) is 1. The summed E-state index contributed by atoms with van der Waals surface area (Å²) in [5.41, 5.74) is 5.72. The molecule has 0 bridgehead atoms. The highest BCUT2D eigenvalue weighted by molar-refractivity contribution is 5.94. The van der Waals surface area contributed by atoms with Gasteiger partial charge in [0.1, 0.15) is 5.75 Å². The van der Waals surface area contributed by atoms with Gasteiger partial charge in [0, 0.05) is 19.2 Å². The van der Waals surface area contributed by atoms with Crippen LogP contribution in [0.5, 0.6) is 5.75 Å². The maximum Gasteiger partial charge on any atom is 0.337 e. The van der Waals surface area contributed by atoms with Crippen molar-refractivity contribution >= 4 is 17.6 Å².